The number of hydrogen-bond acceptors (Lipinski definition) is 4. The van der Waals surface area contributed by atoms with Crippen molar-refractivity contribution in [3.05, 3.63) is 28.3 Å². The number of halogens is 3. The first kappa shape index (κ1) is 16.9. The number of amidine groups is 1. The van der Waals surface area contributed by atoms with E-state index in [1.807, 2.05) is 0 Å². The zero-order valence-electron chi connectivity index (χ0n) is 11.2. The summed E-state index contributed by atoms with van der Waals surface area (Å²) >= 11 is 0. The molecule has 21 heavy (non-hydrogen) atoms. The van der Waals surface area contributed by atoms with Crippen molar-refractivity contribution in [2.24, 2.45) is 4.99 Å². The number of alkyl halides is 3. The van der Waals surface area contributed by atoms with Crippen molar-refractivity contribution in [1.29, 1.82) is 0 Å². The molecule has 1 aromatic heterocycles. The lowest BCUT2D eigenvalue weighted by atomic mass is 10.2. The van der Waals surface area contributed by atoms with E-state index in [2.05, 4.69) is 20.3 Å². The molecule has 0 unspecified atom stereocenters. The Balaban J connectivity index is 2.30. The van der Waals surface area contributed by atoms with Gasteiger partial charge in [0.2, 0.25) is 0 Å². The summed E-state index contributed by atoms with van der Waals surface area (Å²) in [6.45, 7) is -1.83. The van der Waals surface area contributed by atoms with Crippen molar-refractivity contribution in [3.63, 3.8) is 0 Å². The Morgan fingerprint density at radius 1 is 1.48 bits per heavy atom. The predicted octanol–water partition coefficient (Wildman–Crippen LogP) is 1.56. The average Bonchev–Trinajstić information content (AvgIpc) is 2.86. The molecule has 10 heteroatoms. The first-order valence-electron chi connectivity index (χ1n) is 6.30. The van der Waals surface area contributed by atoms with Crippen LogP contribution in [0.5, 0.6) is 0 Å². The molecule has 2 N–H and O–H groups in total. The van der Waals surface area contributed by atoms with Gasteiger partial charge in [-0.05, 0) is 19.3 Å². The van der Waals surface area contributed by atoms with Gasteiger partial charge in [-0.15, -0.1) is 0 Å². The molecule has 0 aromatic carbocycles. The molecule has 0 aliphatic carbocycles. The standard InChI is InChI=1S/C11H16F3N5O2/c12-11(13,14)7-17-10(6-19(20)21)16-4-2-1-3-9-5-15-8-18-9/h5,8H,1-4,6-7H2,(H,15,18)(H,16,17). The van der Waals surface area contributed by atoms with E-state index in [1.165, 1.54) is 0 Å². The van der Waals surface area contributed by atoms with Crippen LogP contribution in [0.2, 0.25) is 0 Å². The molecule has 0 saturated heterocycles. The molecule has 0 aliphatic rings. The molecule has 118 valence electrons. The SMILES string of the molecule is O=[N+]([O-])CC(=NCC(F)(F)F)NCCCCc1cnc[nH]1. The number of imidazole rings is 1. The second kappa shape index (κ2) is 8.22. The van der Waals surface area contributed by atoms with E-state index in [-0.39, 0.29) is 5.84 Å². The van der Waals surface area contributed by atoms with Gasteiger partial charge in [-0.2, -0.15) is 13.2 Å². The number of unbranched alkanes of at least 4 members (excludes halogenated alkanes) is 1. The molecule has 0 amide bonds. The molecule has 7 nitrogen and oxygen atoms in total. The second-order valence-electron chi connectivity index (χ2n) is 4.33. The molecular formula is C11H16F3N5O2. The summed E-state index contributed by atoms with van der Waals surface area (Å²) in [6, 6.07) is 0. The fourth-order valence-electron chi connectivity index (χ4n) is 1.56. The van der Waals surface area contributed by atoms with E-state index >= 15 is 0 Å². The van der Waals surface area contributed by atoms with Gasteiger partial charge in [0.05, 0.1) is 6.33 Å². The molecule has 0 fully saturated rings. The summed E-state index contributed by atoms with van der Waals surface area (Å²) < 4.78 is 36.1. The maximum atomic E-state index is 12.0. The van der Waals surface area contributed by atoms with Gasteiger partial charge in [0.1, 0.15) is 6.54 Å². The normalized spacial score (nSPS) is 12.4. The minimum atomic E-state index is -4.47. The lowest BCUT2D eigenvalue weighted by molar-refractivity contribution is -0.463. The number of nitro groups is 1. The maximum absolute atomic E-state index is 12.0. The summed E-state index contributed by atoms with van der Waals surface area (Å²) in [5.41, 5.74) is 0.964. The Labute approximate surface area is 118 Å². The maximum Gasteiger partial charge on any atom is 0.408 e. The van der Waals surface area contributed by atoms with Crippen LogP contribution in [0.15, 0.2) is 17.5 Å². The summed E-state index contributed by atoms with van der Waals surface area (Å²) in [7, 11) is 0. The van der Waals surface area contributed by atoms with Crippen molar-refractivity contribution in [1.82, 2.24) is 15.3 Å². The fraction of sp³-hybridized carbons (Fsp3) is 0.636. The number of aryl methyl sites for hydroxylation is 1. The van der Waals surface area contributed by atoms with Gasteiger partial charge in [0, 0.05) is 23.4 Å². The number of aliphatic imine (C=N–C) groups is 1. The molecular weight excluding hydrogens is 291 g/mol. The van der Waals surface area contributed by atoms with Crippen molar-refractivity contribution in [2.45, 2.75) is 25.4 Å². The van der Waals surface area contributed by atoms with E-state index in [4.69, 9.17) is 0 Å². The smallest absolute Gasteiger partial charge is 0.368 e. The number of aromatic amines is 1. The molecule has 0 bridgehead atoms. The zero-order valence-corrected chi connectivity index (χ0v) is 11.2. The van der Waals surface area contributed by atoms with Crippen LogP contribution in [-0.4, -0.2) is 46.5 Å². The minimum absolute atomic E-state index is 0.251. The van der Waals surface area contributed by atoms with Crippen LogP contribution >= 0.6 is 0 Å². The predicted molar refractivity (Wildman–Crippen MR) is 69.7 cm³/mol. The van der Waals surface area contributed by atoms with Gasteiger partial charge in [-0.1, -0.05) is 0 Å². The Kier molecular flexibility index (Phi) is 6.63. The Hall–Kier alpha value is -2.13. The van der Waals surface area contributed by atoms with Crippen molar-refractivity contribution in [3.8, 4) is 0 Å². The van der Waals surface area contributed by atoms with Gasteiger partial charge >= 0.3 is 6.18 Å². The van der Waals surface area contributed by atoms with Crippen LogP contribution < -0.4 is 5.32 Å². The van der Waals surface area contributed by atoms with Gasteiger partial charge in [0.15, 0.2) is 5.84 Å². The molecule has 1 heterocycles. The van der Waals surface area contributed by atoms with Crippen LogP contribution in [0.1, 0.15) is 18.5 Å². The summed E-state index contributed by atoms with van der Waals surface area (Å²) in [5.74, 6) is -0.251. The number of nitrogens with zero attached hydrogens (tertiary/aromatic N) is 3. The third kappa shape index (κ3) is 8.60. The highest BCUT2D eigenvalue weighted by atomic mass is 19.4. The summed E-state index contributed by atoms with van der Waals surface area (Å²) in [5, 5.41) is 13.0. The number of H-pyrrole nitrogens is 1. The number of rotatable bonds is 8. The third-order valence-corrected chi connectivity index (χ3v) is 2.48. The zero-order chi connectivity index (χ0) is 15.7. The van der Waals surface area contributed by atoms with Crippen LogP contribution in [0.4, 0.5) is 13.2 Å². The van der Waals surface area contributed by atoms with Gasteiger partial charge in [-0.25, -0.2) is 4.98 Å². The highest BCUT2D eigenvalue weighted by Crippen LogP contribution is 2.14. The van der Waals surface area contributed by atoms with E-state index in [1.54, 1.807) is 12.5 Å². The van der Waals surface area contributed by atoms with Crippen LogP contribution in [-0.2, 0) is 6.42 Å². The molecule has 1 aromatic rings. The third-order valence-electron chi connectivity index (χ3n) is 2.48. The fourth-order valence-corrected chi connectivity index (χ4v) is 1.56. The quantitative estimate of drug-likeness (QED) is 0.250. The van der Waals surface area contributed by atoms with E-state index in [0.717, 1.165) is 18.5 Å². The van der Waals surface area contributed by atoms with E-state index < -0.39 is 24.2 Å². The van der Waals surface area contributed by atoms with Crippen molar-refractivity contribution in [2.75, 3.05) is 19.6 Å². The lowest BCUT2D eigenvalue weighted by Crippen LogP contribution is -2.32. The highest BCUT2D eigenvalue weighted by Gasteiger charge is 2.27. The van der Waals surface area contributed by atoms with Crippen LogP contribution in [0.25, 0.3) is 0 Å². The second-order valence-corrected chi connectivity index (χ2v) is 4.33. The van der Waals surface area contributed by atoms with Crippen molar-refractivity contribution < 1.29 is 18.1 Å². The number of hydrogen-bond donors (Lipinski definition) is 2. The Morgan fingerprint density at radius 3 is 2.81 bits per heavy atom. The lowest BCUT2D eigenvalue weighted by Gasteiger charge is -2.08. The Bertz CT molecular complexity index is 459. The first-order valence-corrected chi connectivity index (χ1v) is 6.30. The van der Waals surface area contributed by atoms with Crippen LogP contribution in [0, 0.1) is 10.1 Å². The largest absolute Gasteiger partial charge is 0.408 e. The molecule has 0 spiro atoms. The molecule has 0 atom stereocenters. The number of nitrogens with one attached hydrogen (secondary N) is 2. The molecule has 0 saturated carbocycles. The van der Waals surface area contributed by atoms with E-state index in [0.29, 0.717) is 13.0 Å². The monoisotopic (exact) mass is 307 g/mol. The minimum Gasteiger partial charge on any atom is -0.368 e. The molecule has 1 rings (SSSR count). The summed E-state index contributed by atoms with van der Waals surface area (Å²) in [6.07, 6.45) is 0.973. The first-order chi connectivity index (χ1) is 9.87. The molecule has 0 radical (unpaired) electrons. The average molecular weight is 307 g/mol. The Morgan fingerprint density at radius 2 is 2.24 bits per heavy atom. The van der Waals surface area contributed by atoms with Crippen molar-refractivity contribution >= 4 is 5.84 Å². The highest BCUT2D eigenvalue weighted by molar-refractivity contribution is 5.83. The van der Waals surface area contributed by atoms with E-state index in [9.17, 15) is 23.3 Å². The van der Waals surface area contributed by atoms with Crippen LogP contribution in [0.3, 0.4) is 0 Å². The number of aromatic nitrogens is 2. The van der Waals surface area contributed by atoms with Gasteiger partial charge < -0.3 is 10.3 Å². The van der Waals surface area contributed by atoms with Gasteiger partial charge in [-0.3, -0.25) is 15.1 Å². The van der Waals surface area contributed by atoms with Gasteiger partial charge in [0.25, 0.3) is 6.54 Å². The summed E-state index contributed by atoms with van der Waals surface area (Å²) in [4.78, 5) is 19.6. The topological polar surface area (TPSA) is 96.2 Å². The molecule has 0 aliphatic heterocycles.